The molecular formula is C34H36ClF2N5O3. The molecule has 1 amide bonds. The fraction of sp³-hybridized carbons (Fsp3) is 0.500. The van der Waals surface area contributed by atoms with E-state index in [0.717, 1.165) is 50.6 Å². The molecule has 45 heavy (non-hydrogen) atoms. The molecular weight excluding hydrogens is 600 g/mol. The van der Waals surface area contributed by atoms with Crippen molar-refractivity contribution in [3.05, 3.63) is 53.3 Å². The van der Waals surface area contributed by atoms with Crippen LogP contribution in [0.15, 0.2) is 36.9 Å². The molecule has 11 heteroatoms. The van der Waals surface area contributed by atoms with Crippen LogP contribution in [-0.2, 0) is 4.79 Å². The van der Waals surface area contributed by atoms with E-state index in [9.17, 15) is 14.3 Å². The highest BCUT2D eigenvalue weighted by Crippen LogP contribution is 2.50. The van der Waals surface area contributed by atoms with Gasteiger partial charge in [0.1, 0.15) is 29.9 Å². The molecule has 0 spiro atoms. The van der Waals surface area contributed by atoms with Crippen molar-refractivity contribution in [1.82, 2.24) is 19.8 Å². The molecule has 3 aromatic rings. The number of fused-ring (bicyclic) bond motifs is 4. The van der Waals surface area contributed by atoms with Gasteiger partial charge in [0, 0.05) is 54.1 Å². The van der Waals surface area contributed by atoms with Gasteiger partial charge in [0.05, 0.1) is 5.54 Å². The summed E-state index contributed by atoms with van der Waals surface area (Å²) in [6.07, 6.45) is 6.33. The number of anilines is 1. The Hall–Kier alpha value is -3.50. The molecule has 1 N–H and O–H groups in total. The van der Waals surface area contributed by atoms with Gasteiger partial charge >= 0.3 is 6.01 Å². The number of aromatic nitrogens is 2. The van der Waals surface area contributed by atoms with E-state index >= 15 is 4.39 Å². The van der Waals surface area contributed by atoms with Crippen LogP contribution in [0.4, 0.5) is 14.6 Å². The molecule has 4 atom stereocenters. The van der Waals surface area contributed by atoms with E-state index in [2.05, 4.69) is 21.4 Å². The lowest BCUT2D eigenvalue weighted by molar-refractivity contribution is -0.129. The SMILES string of the molecule is C=CC(=O)N1C2CCC1CN(c1nc(OC[C@@]34CCCN3C[C@H](F)C4)nc3c(F)c(-c4cc(O)cc(Cl)c4C4CC4)ccc13)C2. The number of alkyl halides is 1. The van der Waals surface area contributed by atoms with Gasteiger partial charge in [0.2, 0.25) is 5.91 Å². The number of nitrogens with zero attached hydrogens (tertiary/aromatic N) is 5. The van der Waals surface area contributed by atoms with Gasteiger partial charge in [0.15, 0.2) is 5.82 Å². The van der Waals surface area contributed by atoms with E-state index in [1.54, 1.807) is 12.1 Å². The number of aromatic hydroxyl groups is 1. The Bertz CT molecular complexity index is 1710. The molecule has 5 aliphatic rings. The van der Waals surface area contributed by atoms with E-state index in [1.807, 2.05) is 11.0 Å². The molecule has 5 fully saturated rings. The predicted octanol–water partition coefficient (Wildman–Crippen LogP) is 5.99. The summed E-state index contributed by atoms with van der Waals surface area (Å²) in [6, 6.07) is 6.65. The minimum Gasteiger partial charge on any atom is -0.508 e. The average molecular weight is 636 g/mol. The topological polar surface area (TPSA) is 82.0 Å². The third-order valence-electron chi connectivity index (χ3n) is 10.6. The zero-order valence-corrected chi connectivity index (χ0v) is 25.8. The zero-order valence-electron chi connectivity index (χ0n) is 25.0. The summed E-state index contributed by atoms with van der Waals surface area (Å²) in [5.74, 6) is 0.117. The van der Waals surface area contributed by atoms with Gasteiger partial charge < -0.3 is 19.6 Å². The van der Waals surface area contributed by atoms with Crippen LogP contribution < -0.4 is 9.64 Å². The molecule has 8 rings (SSSR count). The van der Waals surface area contributed by atoms with Crippen molar-refractivity contribution >= 4 is 34.2 Å². The molecule has 8 nitrogen and oxygen atoms in total. The Labute approximate surface area is 265 Å². The third-order valence-corrected chi connectivity index (χ3v) is 10.9. The minimum atomic E-state index is -0.901. The maximum atomic E-state index is 16.8. The van der Waals surface area contributed by atoms with Crippen molar-refractivity contribution in [3.8, 4) is 22.9 Å². The van der Waals surface area contributed by atoms with Gasteiger partial charge in [-0.3, -0.25) is 9.69 Å². The molecule has 4 aliphatic heterocycles. The second kappa shape index (κ2) is 10.8. The van der Waals surface area contributed by atoms with Crippen LogP contribution in [0.1, 0.15) is 56.4 Å². The van der Waals surface area contributed by atoms with E-state index < -0.39 is 17.5 Å². The molecule has 2 bridgehead atoms. The van der Waals surface area contributed by atoms with Crippen LogP contribution in [0.3, 0.4) is 0 Å². The Morgan fingerprint density at radius 3 is 2.64 bits per heavy atom. The van der Waals surface area contributed by atoms with Crippen LogP contribution in [0.2, 0.25) is 5.02 Å². The first-order valence-corrected chi connectivity index (χ1v) is 16.4. The number of ether oxygens (including phenoxy) is 1. The molecule has 2 unspecified atom stereocenters. The van der Waals surface area contributed by atoms with Crippen LogP contribution in [0, 0.1) is 5.82 Å². The number of benzene rings is 2. The summed E-state index contributed by atoms with van der Waals surface area (Å²) >= 11 is 6.58. The van der Waals surface area contributed by atoms with Crippen LogP contribution >= 0.6 is 11.6 Å². The molecule has 1 aliphatic carbocycles. The fourth-order valence-corrected chi connectivity index (χ4v) is 8.81. The Balaban J connectivity index is 1.22. The van der Waals surface area contributed by atoms with Crippen molar-refractivity contribution in [2.24, 2.45) is 0 Å². The minimum absolute atomic E-state index is 0.00537. The highest BCUT2D eigenvalue weighted by molar-refractivity contribution is 6.32. The highest BCUT2D eigenvalue weighted by Gasteiger charge is 2.49. The molecule has 1 saturated carbocycles. The number of carbonyl (C=O) groups is 1. The maximum Gasteiger partial charge on any atom is 0.319 e. The van der Waals surface area contributed by atoms with E-state index in [-0.39, 0.29) is 47.8 Å². The lowest BCUT2D eigenvalue weighted by atomic mass is 9.94. The van der Waals surface area contributed by atoms with E-state index in [4.69, 9.17) is 21.3 Å². The van der Waals surface area contributed by atoms with Crippen molar-refractivity contribution in [2.75, 3.05) is 37.7 Å². The number of rotatable bonds is 7. The van der Waals surface area contributed by atoms with Gasteiger partial charge in [0.25, 0.3) is 0 Å². The van der Waals surface area contributed by atoms with Gasteiger partial charge in [-0.2, -0.15) is 9.97 Å². The zero-order chi connectivity index (χ0) is 31.0. The van der Waals surface area contributed by atoms with Crippen molar-refractivity contribution in [3.63, 3.8) is 0 Å². The Morgan fingerprint density at radius 1 is 1.13 bits per heavy atom. The largest absolute Gasteiger partial charge is 0.508 e. The summed E-state index contributed by atoms with van der Waals surface area (Å²) in [6.45, 7) is 6.22. The second-order valence-electron chi connectivity index (χ2n) is 13.4. The number of carbonyl (C=O) groups excluding carboxylic acids is 1. The molecule has 236 valence electrons. The fourth-order valence-electron chi connectivity index (χ4n) is 8.44. The highest BCUT2D eigenvalue weighted by atomic mass is 35.5. The number of hydrogen-bond donors (Lipinski definition) is 1. The first-order chi connectivity index (χ1) is 21.7. The maximum absolute atomic E-state index is 16.8. The quantitative estimate of drug-likeness (QED) is 0.319. The van der Waals surface area contributed by atoms with Crippen molar-refractivity contribution in [2.45, 2.75) is 74.7 Å². The van der Waals surface area contributed by atoms with Crippen molar-refractivity contribution in [1.29, 1.82) is 0 Å². The first kappa shape index (κ1) is 28.9. The molecule has 1 aromatic heterocycles. The monoisotopic (exact) mass is 635 g/mol. The summed E-state index contributed by atoms with van der Waals surface area (Å²) in [5, 5.41) is 11.4. The smallest absolute Gasteiger partial charge is 0.319 e. The molecule has 4 saturated heterocycles. The van der Waals surface area contributed by atoms with Gasteiger partial charge in [-0.1, -0.05) is 24.2 Å². The van der Waals surface area contributed by atoms with E-state index in [1.165, 1.54) is 12.1 Å². The normalized spacial score (nSPS) is 27.8. The van der Waals surface area contributed by atoms with Gasteiger partial charge in [-0.15, -0.1) is 0 Å². The number of phenols is 1. The van der Waals surface area contributed by atoms with Crippen molar-refractivity contribution < 1.29 is 23.4 Å². The second-order valence-corrected chi connectivity index (χ2v) is 13.8. The lowest BCUT2D eigenvalue weighted by Crippen LogP contribution is -2.55. The van der Waals surface area contributed by atoms with Crippen LogP contribution in [0.25, 0.3) is 22.0 Å². The first-order valence-electron chi connectivity index (χ1n) is 16.0. The predicted molar refractivity (Wildman–Crippen MR) is 168 cm³/mol. The van der Waals surface area contributed by atoms with Gasteiger partial charge in [-0.25, -0.2) is 8.78 Å². The van der Waals surface area contributed by atoms with Crippen LogP contribution in [0.5, 0.6) is 11.8 Å². The number of amides is 1. The van der Waals surface area contributed by atoms with Crippen LogP contribution in [-0.4, -0.2) is 87.4 Å². The number of halogens is 3. The Kier molecular flexibility index (Phi) is 6.94. The number of phenolic OH excluding ortho intramolecular Hbond substituents is 1. The molecule has 0 radical (unpaired) electrons. The molecule has 2 aromatic carbocycles. The number of piperazine rings is 1. The summed E-state index contributed by atoms with van der Waals surface area (Å²) in [5.41, 5.74) is 1.39. The molecule has 5 heterocycles. The lowest BCUT2D eigenvalue weighted by Gasteiger charge is -2.41. The number of hydrogen-bond acceptors (Lipinski definition) is 7. The summed E-state index contributed by atoms with van der Waals surface area (Å²) in [7, 11) is 0. The Morgan fingerprint density at radius 2 is 1.91 bits per heavy atom. The third kappa shape index (κ3) is 4.83. The standard InChI is InChI=1S/C34H36ClF2N5O3/c1-2-28(44)42-21-6-7-22(42)17-40(16-21)32-25-9-8-24(26-12-23(43)13-27(35)29(26)19-4-5-19)30(37)31(25)38-33(39-32)45-18-34-10-3-11-41(34)15-20(36)14-34/h2,8-9,12-13,19-22,43H,1,3-7,10-11,14-18H2/t20-,21?,22?,34+/m1/s1. The summed E-state index contributed by atoms with van der Waals surface area (Å²) in [4.78, 5) is 28.3. The average Bonchev–Trinajstić information content (AvgIpc) is 3.63. The summed E-state index contributed by atoms with van der Waals surface area (Å²) < 4.78 is 37.5. The van der Waals surface area contributed by atoms with Gasteiger partial charge in [-0.05, 0) is 86.4 Å². The van der Waals surface area contributed by atoms with E-state index in [0.29, 0.717) is 53.4 Å².